The number of aromatic nitrogens is 5. The summed E-state index contributed by atoms with van der Waals surface area (Å²) < 4.78 is 3.92. The van der Waals surface area contributed by atoms with E-state index in [1.54, 1.807) is 16.9 Å². The van der Waals surface area contributed by atoms with Gasteiger partial charge in [-0.15, -0.1) is 0 Å². The quantitative estimate of drug-likeness (QED) is 0.541. The third-order valence-corrected chi connectivity index (χ3v) is 5.55. The average Bonchev–Trinajstić information content (AvgIpc) is 3.41. The van der Waals surface area contributed by atoms with Crippen LogP contribution in [0.15, 0.2) is 67.5 Å². The lowest BCUT2D eigenvalue weighted by atomic mass is 9.96. The number of imidazole rings is 1. The molecule has 1 saturated heterocycles. The first-order valence-electron chi connectivity index (χ1n) is 9.91. The highest BCUT2D eigenvalue weighted by Crippen LogP contribution is 2.28. The number of piperidine rings is 1. The number of carbonyl (C=O) groups excluding carboxylic acids is 1. The number of nitrogens with zero attached hydrogens (tertiary/aromatic N) is 6. The number of hydrogen-bond donors (Lipinski definition) is 0. The monoisotopic (exact) mass is 386 g/mol. The molecule has 29 heavy (non-hydrogen) atoms. The Morgan fingerprint density at radius 1 is 1.10 bits per heavy atom. The number of likely N-dealkylation sites (tertiary alicyclic amines) is 1. The Kier molecular flexibility index (Phi) is 4.56. The molecular weight excluding hydrogens is 364 g/mol. The van der Waals surface area contributed by atoms with Crippen LogP contribution in [-0.4, -0.2) is 48.0 Å². The molecule has 0 aromatic carbocycles. The fourth-order valence-electron chi connectivity index (χ4n) is 4.14. The molecule has 0 radical (unpaired) electrons. The molecule has 0 saturated carbocycles. The molecule has 4 aromatic heterocycles. The van der Waals surface area contributed by atoms with Gasteiger partial charge in [-0.1, -0.05) is 12.1 Å². The number of pyridine rings is 2. The second-order valence-corrected chi connectivity index (χ2v) is 7.45. The summed E-state index contributed by atoms with van der Waals surface area (Å²) in [6.07, 6.45) is 13.0. The van der Waals surface area contributed by atoms with Gasteiger partial charge in [0.2, 0.25) is 0 Å². The molecule has 1 aliphatic heterocycles. The zero-order chi connectivity index (χ0) is 19.6. The standard InChI is InChI=1S/C22H22N6O/c29-22(19-14-25-28-11-2-1-7-20(19)28)27-10-4-6-18(16-27)21-24-9-12-26(21)15-17-5-3-8-23-13-17/h1-3,5,7-9,11-14,18H,4,6,10,15-16H2/t18-/m1/s1. The van der Waals surface area contributed by atoms with Crippen LogP contribution in [0.5, 0.6) is 0 Å². The zero-order valence-electron chi connectivity index (χ0n) is 16.1. The van der Waals surface area contributed by atoms with E-state index < -0.39 is 0 Å². The summed E-state index contributed by atoms with van der Waals surface area (Å²) in [5, 5.41) is 4.31. The van der Waals surface area contributed by atoms with E-state index in [1.807, 2.05) is 54.0 Å². The Labute approximate surface area is 168 Å². The molecule has 7 nitrogen and oxygen atoms in total. The lowest BCUT2D eigenvalue weighted by Gasteiger charge is -2.32. The zero-order valence-corrected chi connectivity index (χ0v) is 16.1. The predicted octanol–water partition coefficient (Wildman–Crippen LogP) is 2.99. The van der Waals surface area contributed by atoms with Crippen LogP contribution in [0, 0.1) is 0 Å². The van der Waals surface area contributed by atoms with Crippen molar-refractivity contribution in [3.8, 4) is 0 Å². The molecular formula is C22H22N6O. The molecule has 5 heterocycles. The predicted molar refractivity (Wildman–Crippen MR) is 109 cm³/mol. The van der Waals surface area contributed by atoms with Gasteiger partial charge >= 0.3 is 0 Å². The highest BCUT2D eigenvalue weighted by molar-refractivity contribution is 6.00. The van der Waals surface area contributed by atoms with E-state index in [4.69, 9.17) is 0 Å². The minimum Gasteiger partial charge on any atom is -0.338 e. The van der Waals surface area contributed by atoms with Crippen LogP contribution in [0.25, 0.3) is 5.52 Å². The molecule has 1 fully saturated rings. The summed E-state index contributed by atoms with van der Waals surface area (Å²) in [6, 6.07) is 9.79. The van der Waals surface area contributed by atoms with Gasteiger partial charge in [0.15, 0.2) is 0 Å². The maximum Gasteiger partial charge on any atom is 0.257 e. The summed E-state index contributed by atoms with van der Waals surface area (Å²) in [5.41, 5.74) is 2.64. The van der Waals surface area contributed by atoms with E-state index in [1.165, 1.54) is 0 Å². The molecule has 7 heteroatoms. The van der Waals surface area contributed by atoms with Crippen LogP contribution < -0.4 is 0 Å². The first-order chi connectivity index (χ1) is 14.3. The number of fused-ring (bicyclic) bond motifs is 1. The van der Waals surface area contributed by atoms with Gasteiger partial charge in [-0.25, -0.2) is 9.50 Å². The van der Waals surface area contributed by atoms with Crippen molar-refractivity contribution < 1.29 is 4.79 Å². The fraction of sp³-hybridized carbons (Fsp3) is 0.273. The first-order valence-corrected chi connectivity index (χ1v) is 9.91. The molecule has 1 aliphatic rings. The molecule has 1 atom stereocenters. The van der Waals surface area contributed by atoms with Gasteiger partial charge in [-0.3, -0.25) is 9.78 Å². The Morgan fingerprint density at radius 2 is 2.07 bits per heavy atom. The fourth-order valence-corrected chi connectivity index (χ4v) is 4.14. The molecule has 0 bridgehead atoms. The van der Waals surface area contributed by atoms with Crippen molar-refractivity contribution in [2.24, 2.45) is 0 Å². The van der Waals surface area contributed by atoms with E-state index in [0.29, 0.717) is 12.1 Å². The third-order valence-electron chi connectivity index (χ3n) is 5.55. The number of amides is 1. The van der Waals surface area contributed by atoms with E-state index in [-0.39, 0.29) is 11.8 Å². The Balaban J connectivity index is 1.36. The van der Waals surface area contributed by atoms with E-state index in [2.05, 4.69) is 25.7 Å². The summed E-state index contributed by atoms with van der Waals surface area (Å²) >= 11 is 0. The van der Waals surface area contributed by atoms with Crippen LogP contribution in [0.3, 0.4) is 0 Å². The largest absolute Gasteiger partial charge is 0.338 e. The normalized spacial score (nSPS) is 17.0. The van der Waals surface area contributed by atoms with Crippen LogP contribution in [-0.2, 0) is 6.54 Å². The van der Waals surface area contributed by atoms with Crippen molar-refractivity contribution >= 4 is 11.4 Å². The molecule has 146 valence electrons. The SMILES string of the molecule is O=C(c1cnn2ccccc12)N1CCC[C@@H](c2nccn2Cc2cccnc2)C1. The van der Waals surface area contributed by atoms with Crippen LogP contribution in [0.2, 0.25) is 0 Å². The van der Waals surface area contributed by atoms with Crippen LogP contribution in [0.4, 0.5) is 0 Å². The number of hydrogen-bond acceptors (Lipinski definition) is 4. The van der Waals surface area contributed by atoms with Gasteiger partial charge < -0.3 is 9.47 Å². The van der Waals surface area contributed by atoms with E-state index in [0.717, 1.165) is 42.8 Å². The lowest BCUT2D eigenvalue weighted by molar-refractivity contribution is 0.0705. The van der Waals surface area contributed by atoms with Crippen LogP contribution >= 0.6 is 0 Å². The summed E-state index contributed by atoms with van der Waals surface area (Å²) in [6.45, 7) is 2.18. The molecule has 0 aliphatic carbocycles. The molecule has 1 amide bonds. The Bertz CT molecular complexity index is 1130. The summed E-state index contributed by atoms with van der Waals surface area (Å²) in [7, 11) is 0. The first kappa shape index (κ1) is 17.6. The van der Waals surface area contributed by atoms with Crippen molar-refractivity contribution in [3.63, 3.8) is 0 Å². The van der Waals surface area contributed by atoms with Crippen molar-refractivity contribution in [3.05, 3.63) is 84.5 Å². The molecule has 0 unspecified atom stereocenters. The Hall–Kier alpha value is -3.48. The van der Waals surface area contributed by atoms with Crippen molar-refractivity contribution in [2.45, 2.75) is 25.3 Å². The summed E-state index contributed by atoms with van der Waals surface area (Å²) in [4.78, 5) is 24.0. The Morgan fingerprint density at radius 3 is 2.97 bits per heavy atom. The minimum atomic E-state index is 0.0428. The minimum absolute atomic E-state index is 0.0428. The van der Waals surface area contributed by atoms with Gasteiger partial charge in [-0.05, 0) is 36.6 Å². The van der Waals surface area contributed by atoms with Gasteiger partial charge in [0.25, 0.3) is 5.91 Å². The second-order valence-electron chi connectivity index (χ2n) is 7.45. The highest BCUT2D eigenvalue weighted by atomic mass is 16.2. The van der Waals surface area contributed by atoms with Crippen molar-refractivity contribution in [1.82, 2.24) is 29.0 Å². The average molecular weight is 386 g/mol. The van der Waals surface area contributed by atoms with Gasteiger partial charge in [-0.2, -0.15) is 5.10 Å². The number of carbonyl (C=O) groups is 1. The maximum atomic E-state index is 13.2. The molecule has 0 spiro atoms. The highest BCUT2D eigenvalue weighted by Gasteiger charge is 2.29. The van der Waals surface area contributed by atoms with Crippen LogP contribution in [0.1, 0.15) is 40.5 Å². The molecule has 4 aromatic rings. The third kappa shape index (κ3) is 3.40. The van der Waals surface area contributed by atoms with Gasteiger partial charge in [0.1, 0.15) is 5.82 Å². The summed E-state index contributed by atoms with van der Waals surface area (Å²) in [5.74, 6) is 1.30. The second kappa shape index (κ2) is 7.50. The van der Waals surface area contributed by atoms with Crippen molar-refractivity contribution in [1.29, 1.82) is 0 Å². The van der Waals surface area contributed by atoms with Crippen molar-refractivity contribution in [2.75, 3.05) is 13.1 Å². The van der Waals surface area contributed by atoms with Gasteiger partial charge in [0.05, 0.1) is 23.8 Å². The van der Waals surface area contributed by atoms with E-state index in [9.17, 15) is 4.79 Å². The lowest BCUT2D eigenvalue weighted by Crippen LogP contribution is -2.39. The molecule has 5 rings (SSSR count). The number of rotatable bonds is 4. The maximum absolute atomic E-state index is 13.2. The topological polar surface area (TPSA) is 68.3 Å². The van der Waals surface area contributed by atoms with Gasteiger partial charge in [0, 0.05) is 50.0 Å². The smallest absolute Gasteiger partial charge is 0.257 e. The van der Waals surface area contributed by atoms with E-state index >= 15 is 0 Å². The molecule has 0 N–H and O–H groups in total.